The molecule has 0 aliphatic carbocycles. The van der Waals surface area contributed by atoms with Gasteiger partial charge in [0.25, 0.3) is 5.91 Å². The number of hydrogen-bond donors (Lipinski definition) is 0. The Bertz CT molecular complexity index is 804. The van der Waals surface area contributed by atoms with Gasteiger partial charge in [-0.05, 0) is 24.3 Å². The summed E-state index contributed by atoms with van der Waals surface area (Å²) in [4.78, 5) is 25.3. The third kappa shape index (κ3) is 3.46. The highest BCUT2D eigenvalue weighted by Gasteiger charge is 2.22. The number of oxazole rings is 1. The van der Waals surface area contributed by atoms with E-state index < -0.39 is 0 Å². The quantitative estimate of drug-likeness (QED) is 0.726. The van der Waals surface area contributed by atoms with E-state index in [1.54, 1.807) is 12.5 Å². The molecule has 0 atom stereocenters. The molecule has 1 aliphatic rings. The second-order valence-corrected chi connectivity index (χ2v) is 6.04. The van der Waals surface area contributed by atoms with E-state index in [4.69, 9.17) is 4.42 Å². The van der Waals surface area contributed by atoms with E-state index in [-0.39, 0.29) is 5.91 Å². The normalized spacial score (nSPS) is 15.4. The van der Waals surface area contributed by atoms with Crippen molar-refractivity contribution in [2.24, 2.45) is 0 Å². The van der Waals surface area contributed by atoms with Crippen molar-refractivity contribution in [1.82, 2.24) is 24.3 Å². The first-order chi connectivity index (χ1) is 12.3. The summed E-state index contributed by atoms with van der Waals surface area (Å²) in [7, 11) is 0. The van der Waals surface area contributed by atoms with E-state index in [1.165, 1.54) is 6.39 Å². The largest absolute Gasteiger partial charge is 0.451 e. The summed E-state index contributed by atoms with van der Waals surface area (Å²) in [5, 5.41) is 0. The van der Waals surface area contributed by atoms with Crippen LogP contribution in [-0.2, 0) is 6.54 Å². The number of pyridine rings is 1. The summed E-state index contributed by atoms with van der Waals surface area (Å²) < 4.78 is 6.91. The first-order valence-corrected chi connectivity index (χ1v) is 8.28. The number of carbonyl (C=O) groups is 1. The van der Waals surface area contributed by atoms with Crippen LogP contribution in [0.4, 0.5) is 0 Å². The highest BCUT2D eigenvalue weighted by molar-refractivity contribution is 5.94. The van der Waals surface area contributed by atoms with Crippen LogP contribution in [0.1, 0.15) is 16.1 Å². The Morgan fingerprint density at radius 2 is 1.88 bits per heavy atom. The third-order valence-electron chi connectivity index (χ3n) is 4.39. The zero-order valence-corrected chi connectivity index (χ0v) is 13.8. The molecule has 0 radical (unpaired) electrons. The molecule has 0 N–H and O–H groups in total. The molecule has 4 rings (SSSR count). The summed E-state index contributed by atoms with van der Waals surface area (Å²) in [6, 6.07) is 7.60. The van der Waals surface area contributed by atoms with E-state index >= 15 is 0 Å². The zero-order valence-electron chi connectivity index (χ0n) is 13.8. The van der Waals surface area contributed by atoms with Gasteiger partial charge in [-0.2, -0.15) is 0 Å². The van der Waals surface area contributed by atoms with Crippen molar-refractivity contribution < 1.29 is 9.21 Å². The van der Waals surface area contributed by atoms with Gasteiger partial charge in [0.05, 0.1) is 11.3 Å². The lowest BCUT2D eigenvalue weighted by Gasteiger charge is -2.34. The molecule has 7 heteroatoms. The Balaban J connectivity index is 1.35. The highest BCUT2D eigenvalue weighted by atomic mass is 16.3. The number of nitrogens with zero attached hydrogens (tertiary/aromatic N) is 5. The second-order valence-electron chi connectivity index (χ2n) is 6.04. The smallest absolute Gasteiger partial charge is 0.255 e. The Kier molecular flexibility index (Phi) is 4.30. The Labute approximate surface area is 145 Å². The standard InChI is InChI=1S/C18H19N5O2/c24-18(15-3-4-17(19-11-15)22-5-1-2-6-22)23-9-7-21(8-10-23)12-16-13-25-14-20-16/h1-6,11,13-14H,7-10,12H2. The van der Waals surface area contributed by atoms with E-state index in [0.29, 0.717) is 18.7 Å². The average molecular weight is 337 g/mol. The van der Waals surface area contributed by atoms with Crippen molar-refractivity contribution in [3.05, 3.63) is 66.8 Å². The Hall–Kier alpha value is -2.93. The van der Waals surface area contributed by atoms with Gasteiger partial charge < -0.3 is 13.9 Å². The van der Waals surface area contributed by atoms with Gasteiger partial charge in [0.2, 0.25) is 0 Å². The minimum Gasteiger partial charge on any atom is -0.451 e. The molecule has 0 aromatic carbocycles. The molecule has 128 valence electrons. The molecule has 0 unspecified atom stereocenters. The van der Waals surface area contributed by atoms with Gasteiger partial charge in [-0.3, -0.25) is 9.69 Å². The van der Waals surface area contributed by atoms with Gasteiger partial charge in [-0.15, -0.1) is 0 Å². The van der Waals surface area contributed by atoms with Crippen molar-refractivity contribution in [3.8, 4) is 5.82 Å². The van der Waals surface area contributed by atoms with Gasteiger partial charge in [0.15, 0.2) is 6.39 Å². The van der Waals surface area contributed by atoms with Crippen LogP contribution in [0.3, 0.4) is 0 Å². The molecule has 3 aromatic heterocycles. The summed E-state index contributed by atoms with van der Waals surface area (Å²) in [6.45, 7) is 3.82. The lowest BCUT2D eigenvalue weighted by molar-refractivity contribution is 0.0626. The summed E-state index contributed by atoms with van der Waals surface area (Å²) in [6.07, 6.45) is 8.62. The van der Waals surface area contributed by atoms with Crippen molar-refractivity contribution >= 4 is 5.91 Å². The van der Waals surface area contributed by atoms with E-state index in [2.05, 4.69) is 14.9 Å². The summed E-state index contributed by atoms with van der Waals surface area (Å²) >= 11 is 0. The molecular weight excluding hydrogens is 318 g/mol. The van der Waals surface area contributed by atoms with Crippen molar-refractivity contribution in [2.45, 2.75) is 6.54 Å². The van der Waals surface area contributed by atoms with E-state index in [0.717, 1.165) is 31.1 Å². The summed E-state index contributed by atoms with van der Waals surface area (Å²) in [5.74, 6) is 0.839. The van der Waals surface area contributed by atoms with Crippen LogP contribution in [0.2, 0.25) is 0 Å². The molecule has 7 nitrogen and oxygen atoms in total. The molecule has 0 spiro atoms. The van der Waals surface area contributed by atoms with Gasteiger partial charge in [-0.1, -0.05) is 0 Å². The fourth-order valence-corrected chi connectivity index (χ4v) is 2.99. The number of rotatable bonds is 4. The maximum atomic E-state index is 12.7. The zero-order chi connectivity index (χ0) is 17.1. The molecule has 1 fully saturated rings. The van der Waals surface area contributed by atoms with Crippen LogP contribution < -0.4 is 0 Å². The molecule has 1 saturated heterocycles. The minimum atomic E-state index is 0.0349. The molecule has 25 heavy (non-hydrogen) atoms. The molecule has 1 amide bonds. The summed E-state index contributed by atoms with van der Waals surface area (Å²) in [5.41, 5.74) is 1.55. The number of hydrogen-bond acceptors (Lipinski definition) is 5. The maximum Gasteiger partial charge on any atom is 0.255 e. The number of carbonyl (C=O) groups excluding carboxylic acids is 1. The van der Waals surface area contributed by atoms with Crippen LogP contribution in [0.25, 0.3) is 5.82 Å². The molecule has 4 heterocycles. The van der Waals surface area contributed by atoms with E-state index in [1.807, 2.05) is 46.1 Å². The fraction of sp³-hybridized carbons (Fsp3) is 0.278. The van der Waals surface area contributed by atoms with Crippen LogP contribution in [0.5, 0.6) is 0 Å². The Morgan fingerprint density at radius 3 is 2.52 bits per heavy atom. The number of aromatic nitrogens is 3. The first-order valence-electron chi connectivity index (χ1n) is 8.28. The molecule has 0 saturated carbocycles. The lowest BCUT2D eigenvalue weighted by Crippen LogP contribution is -2.48. The molecule has 0 bridgehead atoms. The van der Waals surface area contributed by atoms with Crippen molar-refractivity contribution in [2.75, 3.05) is 26.2 Å². The molecular formula is C18H19N5O2. The topological polar surface area (TPSA) is 67.4 Å². The highest BCUT2D eigenvalue weighted by Crippen LogP contribution is 2.12. The molecule has 1 aliphatic heterocycles. The van der Waals surface area contributed by atoms with Crippen LogP contribution in [0, 0.1) is 0 Å². The van der Waals surface area contributed by atoms with Gasteiger partial charge in [0, 0.05) is 51.3 Å². The van der Waals surface area contributed by atoms with Crippen molar-refractivity contribution in [1.29, 1.82) is 0 Å². The van der Waals surface area contributed by atoms with Crippen LogP contribution in [-0.4, -0.2) is 56.4 Å². The van der Waals surface area contributed by atoms with Crippen LogP contribution in [0.15, 0.2) is 59.9 Å². The number of amides is 1. The van der Waals surface area contributed by atoms with Crippen molar-refractivity contribution in [3.63, 3.8) is 0 Å². The van der Waals surface area contributed by atoms with Gasteiger partial charge in [-0.25, -0.2) is 9.97 Å². The van der Waals surface area contributed by atoms with Gasteiger partial charge >= 0.3 is 0 Å². The minimum absolute atomic E-state index is 0.0349. The monoisotopic (exact) mass is 337 g/mol. The van der Waals surface area contributed by atoms with Crippen LogP contribution >= 0.6 is 0 Å². The Morgan fingerprint density at radius 1 is 1.08 bits per heavy atom. The fourth-order valence-electron chi connectivity index (χ4n) is 2.99. The maximum absolute atomic E-state index is 12.7. The predicted molar refractivity (Wildman–Crippen MR) is 91.2 cm³/mol. The molecule has 3 aromatic rings. The second kappa shape index (κ2) is 6.90. The average Bonchev–Trinajstić information content (AvgIpc) is 3.36. The lowest BCUT2D eigenvalue weighted by atomic mass is 10.2. The first kappa shape index (κ1) is 15.6. The van der Waals surface area contributed by atoms with Gasteiger partial charge in [0.1, 0.15) is 12.1 Å². The van der Waals surface area contributed by atoms with E-state index in [9.17, 15) is 4.79 Å². The number of piperazine rings is 1. The third-order valence-corrected chi connectivity index (χ3v) is 4.39. The SMILES string of the molecule is O=C(c1ccc(-n2cccc2)nc1)N1CCN(Cc2cocn2)CC1. The predicted octanol–water partition coefficient (Wildman–Crippen LogP) is 1.82.